The van der Waals surface area contributed by atoms with Crippen molar-refractivity contribution >= 4 is 11.8 Å². The molecule has 0 aliphatic heterocycles. The van der Waals surface area contributed by atoms with Gasteiger partial charge in [0.25, 0.3) is 5.69 Å². The highest BCUT2D eigenvalue weighted by Gasteiger charge is 2.03. The standard InChI is InChI=1S/C16H15NO3/c1-13-7-9-16(10-8-13)20-11-3-5-14-4-2-6-15(12-14)17(18)19/h2-10,12H,11H2,1H3/b5-3+. The molecule has 0 saturated heterocycles. The van der Waals surface area contributed by atoms with E-state index in [0.29, 0.717) is 6.61 Å². The molecule has 2 aromatic rings. The van der Waals surface area contributed by atoms with Crippen LogP contribution in [0, 0.1) is 17.0 Å². The summed E-state index contributed by atoms with van der Waals surface area (Å²) in [4.78, 5) is 10.2. The van der Waals surface area contributed by atoms with Crippen LogP contribution in [-0.4, -0.2) is 11.5 Å². The summed E-state index contributed by atoms with van der Waals surface area (Å²) in [5, 5.41) is 10.7. The van der Waals surface area contributed by atoms with Crippen LogP contribution in [0.25, 0.3) is 6.08 Å². The van der Waals surface area contributed by atoms with E-state index in [4.69, 9.17) is 4.74 Å². The van der Waals surface area contributed by atoms with Crippen LogP contribution in [0.1, 0.15) is 11.1 Å². The molecule has 0 amide bonds. The molecule has 2 aromatic carbocycles. The number of hydrogen-bond donors (Lipinski definition) is 0. The molecule has 102 valence electrons. The van der Waals surface area contributed by atoms with Crippen LogP contribution in [0.5, 0.6) is 5.75 Å². The SMILES string of the molecule is Cc1ccc(OC/C=C/c2cccc([N+](=O)[O-])c2)cc1. The van der Waals surface area contributed by atoms with Crippen molar-refractivity contribution in [1.82, 2.24) is 0 Å². The Bertz CT molecular complexity index is 618. The van der Waals surface area contributed by atoms with Crippen LogP contribution in [0.15, 0.2) is 54.6 Å². The molecule has 0 atom stereocenters. The predicted molar refractivity (Wildman–Crippen MR) is 78.8 cm³/mol. The lowest BCUT2D eigenvalue weighted by Gasteiger charge is -2.02. The van der Waals surface area contributed by atoms with Gasteiger partial charge in [0.1, 0.15) is 12.4 Å². The van der Waals surface area contributed by atoms with Gasteiger partial charge in [0.05, 0.1) is 4.92 Å². The minimum absolute atomic E-state index is 0.0894. The Morgan fingerprint density at radius 3 is 2.65 bits per heavy atom. The average Bonchev–Trinajstić information content (AvgIpc) is 2.46. The molecule has 4 nitrogen and oxygen atoms in total. The van der Waals surface area contributed by atoms with E-state index in [0.717, 1.165) is 11.3 Å². The summed E-state index contributed by atoms with van der Waals surface area (Å²) in [5.41, 5.74) is 2.06. The van der Waals surface area contributed by atoms with Crippen LogP contribution in [0.4, 0.5) is 5.69 Å². The second kappa shape index (κ2) is 6.52. The van der Waals surface area contributed by atoms with Crippen molar-refractivity contribution in [3.63, 3.8) is 0 Å². The van der Waals surface area contributed by atoms with Crippen LogP contribution in [0.3, 0.4) is 0 Å². The highest BCUT2D eigenvalue weighted by molar-refractivity contribution is 5.53. The summed E-state index contributed by atoms with van der Waals surface area (Å²) in [6.45, 7) is 2.44. The molecule has 0 radical (unpaired) electrons. The van der Waals surface area contributed by atoms with E-state index in [2.05, 4.69) is 0 Å². The lowest BCUT2D eigenvalue weighted by atomic mass is 10.2. The Kier molecular flexibility index (Phi) is 4.50. The number of nitro benzene ring substituents is 1. The minimum atomic E-state index is -0.403. The third-order valence-corrected chi connectivity index (χ3v) is 2.76. The normalized spacial score (nSPS) is 10.7. The number of nitro groups is 1. The summed E-state index contributed by atoms with van der Waals surface area (Å²) in [7, 11) is 0. The molecule has 4 heteroatoms. The van der Waals surface area contributed by atoms with Gasteiger partial charge in [0.2, 0.25) is 0 Å². The van der Waals surface area contributed by atoms with E-state index in [1.165, 1.54) is 17.7 Å². The first kappa shape index (κ1) is 13.8. The van der Waals surface area contributed by atoms with Crippen molar-refractivity contribution in [3.8, 4) is 5.75 Å². The van der Waals surface area contributed by atoms with Crippen molar-refractivity contribution in [1.29, 1.82) is 0 Å². The van der Waals surface area contributed by atoms with Gasteiger partial charge in [-0.1, -0.05) is 35.9 Å². The third-order valence-electron chi connectivity index (χ3n) is 2.76. The van der Waals surface area contributed by atoms with Crippen molar-refractivity contribution < 1.29 is 9.66 Å². The van der Waals surface area contributed by atoms with Crippen LogP contribution in [0.2, 0.25) is 0 Å². The Balaban J connectivity index is 1.91. The first-order chi connectivity index (χ1) is 9.65. The number of hydrogen-bond acceptors (Lipinski definition) is 3. The molecule has 0 aliphatic rings. The second-order valence-corrected chi connectivity index (χ2v) is 4.38. The smallest absolute Gasteiger partial charge is 0.270 e. The topological polar surface area (TPSA) is 52.4 Å². The molecule has 0 aromatic heterocycles. The molecule has 0 unspecified atom stereocenters. The maximum Gasteiger partial charge on any atom is 0.270 e. The largest absolute Gasteiger partial charge is 0.490 e. The van der Waals surface area contributed by atoms with E-state index in [1.54, 1.807) is 12.1 Å². The van der Waals surface area contributed by atoms with Crippen molar-refractivity contribution in [2.24, 2.45) is 0 Å². The van der Waals surface area contributed by atoms with E-state index in [-0.39, 0.29) is 5.69 Å². The second-order valence-electron chi connectivity index (χ2n) is 4.38. The lowest BCUT2D eigenvalue weighted by molar-refractivity contribution is -0.384. The zero-order valence-electron chi connectivity index (χ0n) is 11.2. The van der Waals surface area contributed by atoms with E-state index in [9.17, 15) is 10.1 Å². The molecule has 0 aliphatic carbocycles. The quantitative estimate of drug-likeness (QED) is 0.609. The molecule has 20 heavy (non-hydrogen) atoms. The number of rotatable bonds is 5. The average molecular weight is 269 g/mol. The summed E-state index contributed by atoms with van der Waals surface area (Å²) in [6.07, 6.45) is 3.64. The fraction of sp³-hybridized carbons (Fsp3) is 0.125. The number of benzene rings is 2. The van der Waals surface area contributed by atoms with Crippen molar-refractivity contribution in [2.45, 2.75) is 6.92 Å². The molecule has 0 bridgehead atoms. The lowest BCUT2D eigenvalue weighted by Crippen LogP contribution is -1.93. The van der Waals surface area contributed by atoms with Gasteiger partial charge in [-0.2, -0.15) is 0 Å². The van der Waals surface area contributed by atoms with Gasteiger partial charge in [0.15, 0.2) is 0 Å². The highest BCUT2D eigenvalue weighted by Crippen LogP contribution is 2.14. The number of nitrogens with zero attached hydrogens (tertiary/aromatic N) is 1. The Morgan fingerprint density at radius 2 is 1.95 bits per heavy atom. The van der Waals surface area contributed by atoms with E-state index < -0.39 is 4.92 Å². The molecule has 0 fully saturated rings. The monoisotopic (exact) mass is 269 g/mol. The van der Waals surface area contributed by atoms with Crippen LogP contribution in [-0.2, 0) is 0 Å². The van der Waals surface area contributed by atoms with Gasteiger partial charge in [-0.15, -0.1) is 0 Å². The number of non-ortho nitro benzene ring substituents is 1. The first-order valence-corrected chi connectivity index (χ1v) is 6.25. The van der Waals surface area contributed by atoms with Gasteiger partial charge in [0, 0.05) is 12.1 Å². The predicted octanol–water partition coefficient (Wildman–Crippen LogP) is 4.00. The van der Waals surface area contributed by atoms with E-state index in [1.807, 2.05) is 43.3 Å². The Hall–Kier alpha value is -2.62. The van der Waals surface area contributed by atoms with Crippen molar-refractivity contribution in [2.75, 3.05) is 6.61 Å². The zero-order valence-corrected chi connectivity index (χ0v) is 11.2. The molecular formula is C16H15NO3. The summed E-state index contributed by atoms with van der Waals surface area (Å²) in [5.74, 6) is 0.805. The van der Waals surface area contributed by atoms with Crippen LogP contribution >= 0.6 is 0 Å². The fourth-order valence-electron chi connectivity index (χ4n) is 1.71. The molecule has 0 spiro atoms. The van der Waals surface area contributed by atoms with Crippen LogP contribution < -0.4 is 4.74 Å². The number of ether oxygens (including phenoxy) is 1. The fourth-order valence-corrected chi connectivity index (χ4v) is 1.71. The van der Waals surface area contributed by atoms with Gasteiger partial charge >= 0.3 is 0 Å². The van der Waals surface area contributed by atoms with Crippen molar-refractivity contribution in [3.05, 3.63) is 75.8 Å². The molecule has 0 saturated carbocycles. The van der Waals surface area contributed by atoms with Gasteiger partial charge in [-0.05, 0) is 30.7 Å². The Morgan fingerprint density at radius 1 is 1.20 bits per heavy atom. The van der Waals surface area contributed by atoms with Gasteiger partial charge in [-0.25, -0.2) is 0 Å². The molecule has 0 heterocycles. The molecular weight excluding hydrogens is 254 g/mol. The van der Waals surface area contributed by atoms with Gasteiger partial charge in [-0.3, -0.25) is 10.1 Å². The minimum Gasteiger partial charge on any atom is -0.490 e. The molecule has 2 rings (SSSR count). The van der Waals surface area contributed by atoms with Gasteiger partial charge < -0.3 is 4.74 Å². The highest BCUT2D eigenvalue weighted by atomic mass is 16.6. The van der Waals surface area contributed by atoms with E-state index >= 15 is 0 Å². The maximum atomic E-state index is 10.7. The maximum absolute atomic E-state index is 10.7. The summed E-state index contributed by atoms with van der Waals surface area (Å²) >= 11 is 0. The molecule has 0 N–H and O–H groups in total. The zero-order chi connectivity index (χ0) is 14.4. The summed E-state index contributed by atoms with van der Waals surface area (Å²) < 4.78 is 5.54. The first-order valence-electron chi connectivity index (χ1n) is 6.25. The number of aryl methyl sites for hydroxylation is 1. The third kappa shape index (κ3) is 3.95. The summed E-state index contributed by atoms with van der Waals surface area (Å²) in [6, 6.07) is 14.3. The Labute approximate surface area is 117 Å².